The molecule has 0 spiro atoms. The highest BCUT2D eigenvalue weighted by atomic mass is 15.3. The van der Waals surface area contributed by atoms with Crippen LogP contribution in [0.15, 0.2) is 48.7 Å². The van der Waals surface area contributed by atoms with E-state index in [2.05, 4.69) is 39.0 Å². The molecule has 1 aromatic heterocycles. The highest BCUT2D eigenvalue weighted by Crippen LogP contribution is 2.35. The van der Waals surface area contributed by atoms with Crippen molar-refractivity contribution in [2.45, 2.75) is 0 Å². The predicted octanol–water partition coefficient (Wildman–Crippen LogP) is 2.24. The molecule has 0 saturated carbocycles. The number of nitrogen functional groups attached to an aromatic ring is 1. The van der Waals surface area contributed by atoms with Gasteiger partial charge >= 0.3 is 0 Å². The molecule has 1 aromatic carbocycles. The zero-order valence-electron chi connectivity index (χ0n) is 12.0. The number of fused-ring (bicyclic) bond motifs is 1. The van der Waals surface area contributed by atoms with E-state index in [1.165, 1.54) is 5.69 Å². The summed E-state index contributed by atoms with van der Waals surface area (Å²) in [5, 5.41) is 0. The lowest BCUT2D eigenvalue weighted by Crippen LogP contribution is -2.29. The van der Waals surface area contributed by atoms with Gasteiger partial charge in [-0.15, -0.1) is 0 Å². The van der Waals surface area contributed by atoms with Gasteiger partial charge in [-0.3, -0.25) is 0 Å². The average Bonchev–Trinajstić information content (AvgIpc) is 3.07. The Kier molecular flexibility index (Phi) is 2.95. The molecule has 2 aliphatic heterocycles. The molecule has 2 atom stereocenters. The molecule has 2 aliphatic rings. The lowest BCUT2D eigenvalue weighted by Gasteiger charge is -2.23. The fourth-order valence-electron chi connectivity index (χ4n) is 3.62. The van der Waals surface area contributed by atoms with Crippen LogP contribution < -0.4 is 15.5 Å². The number of hydrogen-bond acceptors (Lipinski definition) is 4. The van der Waals surface area contributed by atoms with Gasteiger partial charge in [0.15, 0.2) is 0 Å². The molecule has 0 amide bonds. The lowest BCUT2D eigenvalue weighted by atomic mass is 10.0. The fourth-order valence-corrected chi connectivity index (χ4v) is 3.62. The van der Waals surface area contributed by atoms with E-state index in [0.717, 1.165) is 49.5 Å². The van der Waals surface area contributed by atoms with Gasteiger partial charge in [0.05, 0.1) is 0 Å². The normalized spacial score (nSPS) is 24.4. The summed E-state index contributed by atoms with van der Waals surface area (Å²) >= 11 is 0. The molecule has 4 nitrogen and oxygen atoms in total. The molecule has 0 radical (unpaired) electrons. The molecule has 0 bridgehead atoms. The number of nitrogens with zero attached hydrogens (tertiary/aromatic N) is 3. The van der Waals surface area contributed by atoms with Crippen molar-refractivity contribution < 1.29 is 0 Å². The van der Waals surface area contributed by atoms with Gasteiger partial charge < -0.3 is 15.5 Å². The molecule has 4 rings (SSSR count). The van der Waals surface area contributed by atoms with Crippen LogP contribution in [0.4, 0.5) is 17.2 Å². The molecule has 3 heterocycles. The fraction of sp³-hybridized carbons (Fsp3) is 0.353. The molecular formula is C17H20N4. The molecule has 4 heteroatoms. The third kappa shape index (κ3) is 2.31. The summed E-state index contributed by atoms with van der Waals surface area (Å²) in [5.41, 5.74) is 7.90. The first-order valence-electron chi connectivity index (χ1n) is 7.56. The monoisotopic (exact) mass is 280 g/mol. The summed E-state index contributed by atoms with van der Waals surface area (Å²) in [6.07, 6.45) is 1.88. The van der Waals surface area contributed by atoms with Gasteiger partial charge in [0, 0.05) is 55.6 Å². The maximum absolute atomic E-state index is 5.77. The number of hydrogen-bond donors (Lipinski definition) is 1. The second kappa shape index (κ2) is 4.95. The molecule has 108 valence electrons. The maximum Gasteiger partial charge on any atom is 0.128 e. The first kappa shape index (κ1) is 12.5. The Morgan fingerprint density at radius 2 is 1.52 bits per heavy atom. The maximum atomic E-state index is 5.77. The van der Waals surface area contributed by atoms with Crippen LogP contribution in [0.5, 0.6) is 0 Å². The number of benzene rings is 1. The Morgan fingerprint density at radius 1 is 0.857 bits per heavy atom. The summed E-state index contributed by atoms with van der Waals surface area (Å²) in [4.78, 5) is 9.39. The number of anilines is 3. The molecule has 21 heavy (non-hydrogen) atoms. The summed E-state index contributed by atoms with van der Waals surface area (Å²) in [6, 6.07) is 14.4. The van der Waals surface area contributed by atoms with Gasteiger partial charge in [-0.25, -0.2) is 4.98 Å². The number of rotatable bonds is 2. The van der Waals surface area contributed by atoms with Gasteiger partial charge in [-0.2, -0.15) is 0 Å². The van der Waals surface area contributed by atoms with E-state index in [4.69, 9.17) is 5.73 Å². The van der Waals surface area contributed by atoms with E-state index in [1.807, 2.05) is 24.4 Å². The zero-order chi connectivity index (χ0) is 14.2. The first-order chi connectivity index (χ1) is 10.3. The SMILES string of the molecule is Nc1ccc(N2C[C@H]3CN(c4ccccn4)C[C@@H]3C2)cc1. The van der Waals surface area contributed by atoms with Crippen molar-refractivity contribution in [1.82, 2.24) is 4.98 Å². The van der Waals surface area contributed by atoms with E-state index < -0.39 is 0 Å². The second-order valence-corrected chi connectivity index (χ2v) is 6.11. The van der Waals surface area contributed by atoms with Crippen LogP contribution in [0.1, 0.15) is 0 Å². The molecule has 2 aromatic rings. The van der Waals surface area contributed by atoms with Crippen LogP contribution in [0.2, 0.25) is 0 Å². The molecule has 2 fully saturated rings. The Hall–Kier alpha value is -2.23. The molecule has 0 aliphatic carbocycles. The minimum Gasteiger partial charge on any atom is -0.399 e. The van der Waals surface area contributed by atoms with Crippen LogP contribution in [0.3, 0.4) is 0 Å². The number of aromatic nitrogens is 1. The summed E-state index contributed by atoms with van der Waals surface area (Å²) in [6.45, 7) is 4.51. The lowest BCUT2D eigenvalue weighted by molar-refractivity contribution is 0.533. The van der Waals surface area contributed by atoms with Crippen molar-refractivity contribution in [3.8, 4) is 0 Å². The van der Waals surface area contributed by atoms with Gasteiger partial charge in [0.2, 0.25) is 0 Å². The third-order valence-electron chi connectivity index (χ3n) is 4.72. The minimum atomic E-state index is 0.740. The standard InChI is InChI=1S/C17H20N4/c18-15-4-6-16(7-5-15)20-9-13-11-21(12-14(13)10-20)17-3-1-2-8-19-17/h1-8,13-14H,9-12,18H2/t13-,14-/m0/s1. The molecule has 2 N–H and O–H groups in total. The van der Waals surface area contributed by atoms with Gasteiger partial charge in [0.1, 0.15) is 5.82 Å². The van der Waals surface area contributed by atoms with Crippen molar-refractivity contribution in [3.63, 3.8) is 0 Å². The Morgan fingerprint density at radius 3 is 2.14 bits per heavy atom. The minimum absolute atomic E-state index is 0.740. The smallest absolute Gasteiger partial charge is 0.128 e. The zero-order valence-corrected chi connectivity index (χ0v) is 12.0. The Balaban J connectivity index is 1.45. The second-order valence-electron chi connectivity index (χ2n) is 6.11. The summed E-state index contributed by atoms with van der Waals surface area (Å²) in [5.74, 6) is 2.60. The van der Waals surface area contributed by atoms with Crippen molar-refractivity contribution in [1.29, 1.82) is 0 Å². The van der Waals surface area contributed by atoms with Gasteiger partial charge in [-0.1, -0.05) is 6.07 Å². The van der Waals surface area contributed by atoms with E-state index in [-0.39, 0.29) is 0 Å². The Labute approximate surface area is 125 Å². The van der Waals surface area contributed by atoms with Crippen molar-refractivity contribution in [2.24, 2.45) is 11.8 Å². The molecule has 0 unspecified atom stereocenters. The van der Waals surface area contributed by atoms with Crippen molar-refractivity contribution in [2.75, 3.05) is 41.7 Å². The van der Waals surface area contributed by atoms with Crippen LogP contribution in [0, 0.1) is 11.8 Å². The van der Waals surface area contributed by atoms with Crippen LogP contribution in [-0.2, 0) is 0 Å². The largest absolute Gasteiger partial charge is 0.399 e. The quantitative estimate of drug-likeness (QED) is 0.857. The summed E-state index contributed by atoms with van der Waals surface area (Å²) in [7, 11) is 0. The first-order valence-corrected chi connectivity index (χ1v) is 7.56. The Bertz CT molecular complexity index is 596. The van der Waals surface area contributed by atoms with Gasteiger partial charge in [0.25, 0.3) is 0 Å². The van der Waals surface area contributed by atoms with E-state index in [9.17, 15) is 0 Å². The van der Waals surface area contributed by atoms with Gasteiger partial charge in [-0.05, 0) is 36.4 Å². The molecule has 2 saturated heterocycles. The van der Waals surface area contributed by atoms with E-state index in [0.29, 0.717) is 0 Å². The topological polar surface area (TPSA) is 45.4 Å². The third-order valence-corrected chi connectivity index (χ3v) is 4.72. The number of nitrogens with two attached hydrogens (primary N) is 1. The van der Waals surface area contributed by atoms with E-state index >= 15 is 0 Å². The van der Waals surface area contributed by atoms with Crippen LogP contribution >= 0.6 is 0 Å². The average molecular weight is 280 g/mol. The predicted molar refractivity (Wildman–Crippen MR) is 86.5 cm³/mol. The van der Waals surface area contributed by atoms with Crippen LogP contribution in [0.25, 0.3) is 0 Å². The van der Waals surface area contributed by atoms with E-state index in [1.54, 1.807) is 0 Å². The van der Waals surface area contributed by atoms with Crippen molar-refractivity contribution >= 4 is 17.2 Å². The van der Waals surface area contributed by atoms with Crippen molar-refractivity contribution in [3.05, 3.63) is 48.7 Å². The highest BCUT2D eigenvalue weighted by molar-refractivity contribution is 5.54. The highest BCUT2D eigenvalue weighted by Gasteiger charge is 2.40. The van der Waals surface area contributed by atoms with Crippen LogP contribution in [-0.4, -0.2) is 31.2 Å². The number of pyridine rings is 1. The summed E-state index contributed by atoms with van der Waals surface area (Å²) < 4.78 is 0. The molecular weight excluding hydrogens is 260 g/mol.